The molecule has 0 amide bonds. The van der Waals surface area contributed by atoms with Crippen LogP contribution in [0, 0.1) is 0 Å². The molecule has 0 spiro atoms. The minimum Gasteiger partial charge on any atom is -1.00 e. The van der Waals surface area contributed by atoms with Crippen LogP contribution in [0.1, 0.15) is 84.0 Å². The lowest BCUT2D eigenvalue weighted by atomic mass is 10.1. The van der Waals surface area contributed by atoms with E-state index in [0.717, 1.165) is 13.1 Å². The van der Waals surface area contributed by atoms with Crippen molar-refractivity contribution in [2.75, 3.05) is 19.7 Å². The molecule has 0 aromatic heterocycles. The second kappa shape index (κ2) is 21.5. The van der Waals surface area contributed by atoms with Gasteiger partial charge < -0.3 is 22.5 Å². The van der Waals surface area contributed by atoms with Crippen molar-refractivity contribution in [1.82, 2.24) is 0 Å². The van der Waals surface area contributed by atoms with E-state index in [1.165, 1.54) is 83.1 Å². The maximum Gasteiger partial charge on any atom is 0.330 e. The van der Waals surface area contributed by atoms with Crippen LogP contribution in [-0.2, 0) is 9.53 Å². The van der Waals surface area contributed by atoms with E-state index in [1.54, 1.807) is 0 Å². The lowest BCUT2D eigenvalue weighted by molar-refractivity contribution is -0.656. The van der Waals surface area contributed by atoms with Gasteiger partial charge in [0, 0.05) is 6.08 Å². The first kappa shape index (κ1) is 24.7. The van der Waals surface area contributed by atoms with Crippen LogP contribution in [0.4, 0.5) is 0 Å². The molecule has 23 heavy (non-hydrogen) atoms. The summed E-state index contributed by atoms with van der Waals surface area (Å²) in [7, 11) is 0. The molecule has 0 aliphatic rings. The van der Waals surface area contributed by atoms with E-state index in [1.807, 2.05) is 0 Å². The molecule has 2 N–H and O–H groups in total. The van der Waals surface area contributed by atoms with Crippen molar-refractivity contribution in [3.05, 3.63) is 12.7 Å². The van der Waals surface area contributed by atoms with Gasteiger partial charge in [0.25, 0.3) is 0 Å². The van der Waals surface area contributed by atoms with Gasteiger partial charge in [-0.15, -0.1) is 0 Å². The number of carbonyl (C=O) groups is 1. The van der Waals surface area contributed by atoms with Crippen LogP contribution in [0.2, 0.25) is 0 Å². The van der Waals surface area contributed by atoms with E-state index in [2.05, 4.69) is 18.8 Å². The van der Waals surface area contributed by atoms with Gasteiger partial charge in [-0.05, 0) is 12.8 Å². The molecular weight excluding hydrogens is 310 g/mol. The summed E-state index contributed by atoms with van der Waals surface area (Å²) >= 11 is 0. The van der Waals surface area contributed by atoms with Gasteiger partial charge in [-0.3, -0.25) is 0 Å². The highest BCUT2D eigenvalue weighted by atomic mass is 35.5. The smallest absolute Gasteiger partial charge is 0.330 e. The second-order valence-corrected chi connectivity index (χ2v) is 6.13. The minimum absolute atomic E-state index is 0. The predicted molar refractivity (Wildman–Crippen MR) is 93.9 cm³/mol. The highest BCUT2D eigenvalue weighted by Crippen LogP contribution is 2.11. The Morgan fingerprint density at radius 3 is 1.83 bits per heavy atom. The Bertz CT molecular complexity index is 260. The van der Waals surface area contributed by atoms with E-state index >= 15 is 0 Å². The lowest BCUT2D eigenvalue weighted by Gasteiger charge is -2.03. The first-order valence-corrected chi connectivity index (χ1v) is 9.42. The molecular formula is C19H38ClNO2. The summed E-state index contributed by atoms with van der Waals surface area (Å²) in [6, 6.07) is 0. The fourth-order valence-corrected chi connectivity index (χ4v) is 2.58. The topological polar surface area (TPSA) is 42.9 Å². The maximum absolute atomic E-state index is 10.8. The normalized spacial score (nSPS) is 10.1. The molecule has 3 nitrogen and oxygen atoms in total. The van der Waals surface area contributed by atoms with Gasteiger partial charge in [-0.1, -0.05) is 77.7 Å². The zero-order valence-corrected chi connectivity index (χ0v) is 15.9. The monoisotopic (exact) mass is 347 g/mol. The fraction of sp³-hybridized carbons (Fsp3) is 0.842. The summed E-state index contributed by atoms with van der Waals surface area (Å²) in [4.78, 5) is 10.8. The van der Waals surface area contributed by atoms with Crippen molar-refractivity contribution in [2.45, 2.75) is 84.0 Å². The lowest BCUT2D eigenvalue weighted by Crippen LogP contribution is -3.00. The molecule has 0 saturated carbocycles. The largest absolute Gasteiger partial charge is 1.00 e. The van der Waals surface area contributed by atoms with Gasteiger partial charge in [0.2, 0.25) is 0 Å². The van der Waals surface area contributed by atoms with Gasteiger partial charge >= 0.3 is 5.97 Å². The van der Waals surface area contributed by atoms with Crippen molar-refractivity contribution in [1.29, 1.82) is 0 Å². The summed E-state index contributed by atoms with van der Waals surface area (Å²) in [5.74, 6) is -0.321. The van der Waals surface area contributed by atoms with Gasteiger partial charge in [0.05, 0.1) is 6.54 Å². The molecule has 0 atom stereocenters. The van der Waals surface area contributed by atoms with Gasteiger partial charge in [-0.2, -0.15) is 0 Å². The third kappa shape index (κ3) is 21.5. The first-order chi connectivity index (χ1) is 10.8. The SMILES string of the molecule is C=CC(=O)OCC[NH2+]CCCCCCCCCCCCCC.[Cl-]. The zero-order valence-electron chi connectivity index (χ0n) is 15.2. The quantitative estimate of drug-likeness (QED) is 0.242. The van der Waals surface area contributed by atoms with Crippen LogP contribution in [0.15, 0.2) is 12.7 Å². The predicted octanol–water partition coefficient (Wildman–Crippen LogP) is 0.984. The molecule has 0 aliphatic heterocycles. The van der Waals surface area contributed by atoms with Crippen LogP contribution in [0.5, 0.6) is 0 Å². The molecule has 0 unspecified atom stereocenters. The Hall–Kier alpha value is -0.540. The van der Waals surface area contributed by atoms with E-state index in [-0.39, 0.29) is 18.4 Å². The number of halogens is 1. The van der Waals surface area contributed by atoms with Crippen molar-refractivity contribution in [3.8, 4) is 0 Å². The molecule has 0 aliphatic carbocycles. The van der Waals surface area contributed by atoms with Gasteiger partial charge in [-0.25, -0.2) is 4.79 Å². The van der Waals surface area contributed by atoms with Crippen LogP contribution in [0.25, 0.3) is 0 Å². The Morgan fingerprint density at radius 1 is 0.870 bits per heavy atom. The number of hydrogen-bond acceptors (Lipinski definition) is 2. The fourth-order valence-electron chi connectivity index (χ4n) is 2.58. The molecule has 0 heterocycles. The van der Waals surface area contributed by atoms with E-state index in [0.29, 0.717) is 6.61 Å². The summed E-state index contributed by atoms with van der Waals surface area (Å²) in [5, 5.41) is 2.23. The van der Waals surface area contributed by atoms with Crippen LogP contribution in [0.3, 0.4) is 0 Å². The molecule has 0 bridgehead atoms. The summed E-state index contributed by atoms with van der Waals surface area (Å²) in [5.41, 5.74) is 0. The number of hydrogen-bond donors (Lipinski definition) is 1. The number of carbonyl (C=O) groups excluding carboxylic acids is 1. The number of quaternary nitrogens is 1. The number of nitrogens with two attached hydrogens (primary N) is 1. The molecule has 0 saturated heterocycles. The zero-order chi connectivity index (χ0) is 16.3. The van der Waals surface area contributed by atoms with Crippen LogP contribution < -0.4 is 17.7 Å². The molecule has 0 rings (SSSR count). The Kier molecular flexibility index (Phi) is 23.1. The molecule has 138 valence electrons. The Labute approximate surface area is 150 Å². The number of ether oxygens (including phenoxy) is 1. The molecule has 4 heteroatoms. The van der Waals surface area contributed by atoms with Crippen molar-refractivity contribution < 1.29 is 27.3 Å². The highest BCUT2D eigenvalue weighted by Gasteiger charge is 1.97. The third-order valence-electron chi connectivity index (χ3n) is 3.99. The van der Waals surface area contributed by atoms with E-state index < -0.39 is 0 Å². The van der Waals surface area contributed by atoms with Crippen LogP contribution >= 0.6 is 0 Å². The van der Waals surface area contributed by atoms with E-state index in [9.17, 15) is 4.79 Å². The van der Waals surface area contributed by atoms with Crippen molar-refractivity contribution in [3.63, 3.8) is 0 Å². The van der Waals surface area contributed by atoms with Crippen LogP contribution in [-0.4, -0.2) is 25.7 Å². The van der Waals surface area contributed by atoms with Crippen molar-refractivity contribution >= 4 is 5.97 Å². The average Bonchev–Trinajstić information content (AvgIpc) is 2.54. The molecule has 0 aromatic rings. The summed E-state index contributed by atoms with van der Waals surface area (Å²) < 4.78 is 4.92. The average molecular weight is 348 g/mol. The standard InChI is InChI=1S/C19H37NO2.ClH/c1-3-5-6-7-8-9-10-11-12-13-14-15-16-20-17-18-22-19(21)4-2;/h4,20H,2-3,5-18H2,1H3;1H. The number of esters is 1. The molecule has 0 fully saturated rings. The highest BCUT2D eigenvalue weighted by molar-refractivity contribution is 5.81. The third-order valence-corrected chi connectivity index (χ3v) is 3.99. The maximum atomic E-state index is 10.8. The Balaban J connectivity index is 0. The minimum atomic E-state index is -0.321. The number of rotatable bonds is 17. The first-order valence-electron chi connectivity index (χ1n) is 9.42. The molecule has 0 radical (unpaired) electrons. The molecule has 0 aromatic carbocycles. The van der Waals surface area contributed by atoms with Crippen molar-refractivity contribution in [2.24, 2.45) is 0 Å². The summed E-state index contributed by atoms with van der Waals surface area (Å²) in [6.45, 7) is 8.13. The summed E-state index contributed by atoms with van der Waals surface area (Å²) in [6.07, 6.45) is 17.9. The second-order valence-electron chi connectivity index (χ2n) is 6.13. The number of unbranched alkanes of at least 4 members (excludes halogenated alkanes) is 11. The van der Waals surface area contributed by atoms with E-state index in [4.69, 9.17) is 4.74 Å². The Morgan fingerprint density at radius 2 is 1.35 bits per heavy atom. The van der Waals surface area contributed by atoms with Gasteiger partial charge in [0.1, 0.15) is 13.2 Å². The van der Waals surface area contributed by atoms with Gasteiger partial charge in [0.15, 0.2) is 0 Å².